The first kappa shape index (κ1) is 19.8. The molecule has 0 aliphatic heterocycles. The quantitative estimate of drug-likeness (QED) is 0.504. The molecular weight excluding hydrogens is 402 g/mol. The van der Waals surface area contributed by atoms with Gasteiger partial charge in [0.2, 0.25) is 0 Å². The molecule has 0 atom stereocenters. The highest BCUT2D eigenvalue weighted by Crippen LogP contribution is 2.29. The van der Waals surface area contributed by atoms with Crippen LogP contribution in [0.3, 0.4) is 0 Å². The summed E-state index contributed by atoms with van der Waals surface area (Å²) in [5.41, 5.74) is 4.52. The van der Waals surface area contributed by atoms with Crippen molar-refractivity contribution in [3.8, 4) is 16.9 Å². The van der Waals surface area contributed by atoms with Gasteiger partial charge in [0, 0.05) is 5.02 Å². The fraction of sp³-hybridized carbons (Fsp3) is 0.182. The minimum atomic E-state index is -0.379. The summed E-state index contributed by atoms with van der Waals surface area (Å²) in [6, 6.07) is 14.7. The van der Waals surface area contributed by atoms with Crippen LogP contribution in [-0.2, 0) is 0 Å². The summed E-state index contributed by atoms with van der Waals surface area (Å²) in [6.07, 6.45) is 0. The second-order valence-electron chi connectivity index (χ2n) is 6.72. The zero-order valence-corrected chi connectivity index (χ0v) is 17.6. The molecule has 0 radical (unpaired) electrons. The highest BCUT2D eigenvalue weighted by atomic mass is 35.5. The molecule has 2 aromatic heterocycles. The normalized spacial score (nSPS) is 10.9. The Morgan fingerprint density at radius 1 is 1.10 bits per heavy atom. The Morgan fingerprint density at radius 2 is 1.83 bits per heavy atom. The number of ether oxygens (including phenoxy) is 1. The van der Waals surface area contributed by atoms with Crippen molar-refractivity contribution in [1.29, 1.82) is 0 Å². The van der Waals surface area contributed by atoms with Crippen molar-refractivity contribution in [2.45, 2.75) is 20.8 Å². The summed E-state index contributed by atoms with van der Waals surface area (Å²) in [5, 5.41) is 16.6. The van der Waals surface area contributed by atoms with Crippen LogP contribution in [-0.4, -0.2) is 32.3 Å². The number of anilines is 1. The number of carbonyl (C=O) groups is 1. The number of nitrogens with zero attached hydrogens (tertiary/aromatic N) is 4. The summed E-state index contributed by atoms with van der Waals surface area (Å²) in [5.74, 6) is 0.218. The summed E-state index contributed by atoms with van der Waals surface area (Å²) in [6.45, 7) is 6.08. The molecule has 0 aliphatic rings. The maximum Gasteiger partial charge on any atom is 0.278 e. The number of hydrogen-bond acceptors (Lipinski definition) is 5. The van der Waals surface area contributed by atoms with Crippen molar-refractivity contribution in [3.63, 3.8) is 0 Å². The Kier molecular flexibility index (Phi) is 5.37. The summed E-state index contributed by atoms with van der Waals surface area (Å²) in [4.78, 5) is 12.9. The molecule has 4 aromatic rings. The van der Waals surface area contributed by atoms with Gasteiger partial charge in [-0.3, -0.25) is 4.79 Å². The van der Waals surface area contributed by atoms with Gasteiger partial charge < -0.3 is 10.1 Å². The van der Waals surface area contributed by atoms with Gasteiger partial charge in [-0.2, -0.15) is 5.10 Å². The third kappa shape index (κ3) is 3.59. The van der Waals surface area contributed by atoms with Gasteiger partial charge in [-0.15, -0.1) is 10.2 Å². The molecule has 2 aromatic carbocycles. The van der Waals surface area contributed by atoms with E-state index in [1.807, 2.05) is 50.2 Å². The first-order valence-electron chi connectivity index (χ1n) is 9.51. The second kappa shape index (κ2) is 8.12. The Labute approximate surface area is 178 Å². The van der Waals surface area contributed by atoms with Crippen LogP contribution >= 0.6 is 11.6 Å². The van der Waals surface area contributed by atoms with Gasteiger partial charge in [0.05, 0.1) is 29.2 Å². The van der Waals surface area contributed by atoms with E-state index in [9.17, 15) is 4.79 Å². The molecule has 0 spiro atoms. The van der Waals surface area contributed by atoms with Crippen molar-refractivity contribution in [1.82, 2.24) is 19.8 Å². The van der Waals surface area contributed by atoms with Gasteiger partial charge in [0.25, 0.3) is 5.91 Å². The first-order chi connectivity index (χ1) is 14.5. The largest absolute Gasteiger partial charge is 0.492 e. The van der Waals surface area contributed by atoms with E-state index >= 15 is 0 Å². The lowest BCUT2D eigenvalue weighted by Gasteiger charge is -2.12. The monoisotopic (exact) mass is 421 g/mol. The molecule has 8 heteroatoms. The van der Waals surface area contributed by atoms with E-state index < -0.39 is 0 Å². The van der Waals surface area contributed by atoms with E-state index in [0.29, 0.717) is 34.4 Å². The average molecular weight is 422 g/mol. The summed E-state index contributed by atoms with van der Waals surface area (Å²) < 4.78 is 7.22. The van der Waals surface area contributed by atoms with Gasteiger partial charge in [-0.05, 0) is 50.6 Å². The fourth-order valence-electron chi connectivity index (χ4n) is 3.31. The number of halogens is 1. The molecule has 7 nitrogen and oxygen atoms in total. The average Bonchev–Trinajstić information content (AvgIpc) is 3.07. The van der Waals surface area contributed by atoms with Gasteiger partial charge in [0.15, 0.2) is 11.3 Å². The van der Waals surface area contributed by atoms with E-state index in [0.717, 1.165) is 16.8 Å². The highest BCUT2D eigenvalue weighted by Gasteiger charge is 2.21. The molecule has 1 amide bonds. The zero-order chi connectivity index (χ0) is 21.3. The molecule has 0 unspecified atom stereocenters. The van der Waals surface area contributed by atoms with Crippen LogP contribution in [0.2, 0.25) is 5.02 Å². The number of nitrogens with one attached hydrogen (secondary N) is 1. The Morgan fingerprint density at radius 3 is 2.57 bits per heavy atom. The third-order valence-electron chi connectivity index (χ3n) is 4.72. The number of fused-ring (bicyclic) bond motifs is 1. The van der Waals surface area contributed by atoms with E-state index in [-0.39, 0.29) is 11.6 Å². The molecule has 0 fully saturated rings. The standard InChI is InChI=1S/C22H20ClN5O2/c1-4-30-18-8-6-5-7-17(18)24-22(29)20-14(3)28-21(26-25-20)19(13(2)27-28)15-9-11-16(23)12-10-15/h5-12H,4H2,1-3H3,(H,24,29). The maximum atomic E-state index is 12.9. The van der Waals surface area contributed by atoms with Crippen LogP contribution in [0.15, 0.2) is 48.5 Å². The van der Waals surface area contributed by atoms with Crippen LogP contribution in [0.1, 0.15) is 28.8 Å². The Hall–Kier alpha value is -3.45. The van der Waals surface area contributed by atoms with E-state index in [4.69, 9.17) is 16.3 Å². The van der Waals surface area contributed by atoms with Crippen LogP contribution in [0.4, 0.5) is 5.69 Å². The molecule has 4 rings (SSSR count). The number of amides is 1. The lowest BCUT2D eigenvalue weighted by molar-refractivity contribution is 0.101. The van der Waals surface area contributed by atoms with E-state index in [1.165, 1.54) is 0 Å². The van der Waals surface area contributed by atoms with Crippen molar-refractivity contribution >= 4 is 28.8 Å². The van der Waals surface area contributed by atoms with Gasteiger partial charge in [-0.25, -0.2) is 4.52 Å². The highest BCUT2D eigenvalue weighted by molar-refractivity contribution is 6.30. The van der Waals surface area contributed by atoms with Crippen molar-refractivity contribution in [2.24, 2.45) is 0 Å². The van der Waals surface area contributed by atoms with Crippen molar-refractivity contribution in [2.75, 3.05) is 11.9 Å². The first-order valence-corrected chi connectivity index (χ1v) is 9.89. The summed E-state index contributed by atoms with van der Waals surface area (Å²) in [7, 11) is 0. The van der Waals surface area contributed by atoms with E-state index in [1.54, 1.807) is 23.6 Å². The number of aryl methyl sites for hydroxylation is 2. The second-order valence-corrected chi connectivity index (χ2v) is 7.16. The number of aromatic nitrogens is 4. The molecule has 152 valence electrons. The van der Waals surface area contributed by atoms with Crippen LogP contribution in [0.5, 0.6) is 5.75 Å². The Balaban J connectivity index is 1.72. The molecule has 0 saturated heterocycles. The number of rotatable bonds is 5. The van der Waals surface area contributed by atoms with Gasteiger partial charge >= 0.3 is 0 Å². The molecule has 1 N–H and O–H groups in total. The predicted molar refractivity (Wildman–Crippen MR) is 116 cm³/mol. The van der Waals surface area contributed by atoms with Crippen LogP contribution < -0.4 is 10.1 Å². The zero-order valence-electron chi connectivity index (χ0n) is 16.8. The number of carbonyl (C=O) groups excluding carboxylic acids is 1. The molecule has 2 heterocycles. The van der Waals surface area contributed by atoms with Crippen molar-refractivity contribution in [3.05, 3.63) is 70.6 Å². The van der Waals surface area contributed by atoms with Crippen LogP contribution in [0.25, 0.3) is 16.8 Å². The number of hydrogen-bond donors (Lipinski definition) is 1. The number of benzene rings is 2. The summed E-state index contributed by atoms with van der Waals surface area (Å²) >= 11 is 6.01. The predicted octanol–water partition coefficient (Wildman–Crippen LogP) is 4.71. The lowest BCUT2D eigenvalue weighted by atomic mass is 10.1. The third-order valence-corrected chi connectivity index (χ3v) is 4.98. The van der Waals surface area contributed by atoms with Crippen LogP contribution in [0, 0.1) is 13.8 Å². The molecular formula is C22H20ClN5O2. The van der Waals surface area contributed by atoms with Gasteiger partial charge in [-0.1, -0.05) is 35.9 Å². The van der Waals surface area contributed by atoms with Gasteiger partial charge in [0.1, 0.15) is 5.75 Å². The van der Waals surface area contributed by atoms with E-state index in [2.05, 4.69) is 20.6 Å². The van der Waals surface area contributed by atoms with Crippen molar-refractivity contribution < 1.29 is 9.53 Å². The molecule has 0 aliphatic carbocycles. The maximum absolute atomic E-state index is 12.9. The smallest absolute Gasteiger partial charge is 0.278 e. The minimum absolute atomic E-state index is 0.193. The lowest BCUT2D eigenvalue weighted by Crippen LogP contribution is -2.19. The minimum Gasteiger partial charge on any atom is -0.492 e. The molecule has 0 bridgehead atoms. The number of para-hydroxylation sites is 2. The fourth-order valence-corrected chi connectivity index (χ4v) is 3.43. The topological polar surface area (TPSA) is 81.4 Å². The molecule has 30 heavy (non-hydrogen) atoms. The molecule has 0 saturated carbocycles. The Bertz CT molecular complexity index is 1230. The SMILES string of the molecule is CCOc1ccccc1NC(=O)c1nnc2c(-c3ccc(Cl)cc3)c(C)nn2c1C.